The Balaban J connectivity index is 1.71. The van der Waals surface area contributed by atoms with Gasteiger partial charge in [-0.1, -0.05) is 24.4 Å². The number of hydrogen-bond acceptors (Lipinski definition) is 6. The van der Waals surface area contributed by atoms with Gasteiger partial charge >= 0.3 is 0 Å². The van der Waals surface area contributed by atoms with Crippen LogP contribution in [-0.4, -0.2) is 36.1 Å². The minimum absolute atomic E-state index is 0.206. The SMILES string of the molecule is COc1cc(NC(=O)c2cnc(NC3CCCC3)cn2)c(OC)cc1Cl. The number of carbonyl (C=O) groups excluding carboxylic acids is 1. The van der Waals surface area contributed by atoms with Crippen molar-refractivity contribution in [2.24, 2.45) is 0 Å². The number of rotatable bonds is 6. The van der Waals surface area contributed by atoms with Crippen LogP contribution in [0.5, 0.6) is 11.5 Å². The number of methoxy groups -OCH3 is 2. The van der Waals surface area contributed by atoms with Crippen LogP contribution in [0.25, 0.3) is 0 Å². The lowest BCUT2D eigenvalue weighted by molar-refractivity contribution is 0.102. The van der Waals surface area contributed by atoms with E-state index in [2.05, 4.69) is 20.6 Å². The van der Waals surface area contributed by atoms with Crippen LogP contribution in [0, 0.1) is 0 Å². The minimum Gasteiger partial charge on any atom is -0.495 e. The maximum atomic E-state index is 12.5. The van der Waals surface area contributed by atoms with Crippen LogP contribution in [0.2, 0.25) is 5.02 Å². The average molecular weight is 377 g/mol. The van der Waals surface area contributed by atoms with Crippen molar-refractivity contribution in [1.29, 1.82) is 0 Å². The van der Waals surface area contributed by atoms with E-state index in [0.717, 1.165) is 12.8 Å². The fourth-order valence-electron chi connectivity index (χ4n) is 2.94. The number of hydrogen-bond donors (Lipinski definition) is 2. The molecule has 0 atom stereocenters. The Morgan fingerprint density at radius 3 is 2.46 bits per heavy atom. The number of nitrogens with zero attached hydrogens (tertiary/aromatic N) is 2. The van der Waals surface area contributed by atoms with Crippen LogP contribution in [-0.2, 0) is 0 Å². The highest BCUT2D eigenvalue weighted by molar-refractivity contribution is 6.32. The van der Waals surface area contributed by atoms with Crippen molar-refractivity contribution >= 4 is 29.0 Å². The lowest BCUT2D eigenvalue weighted by atomic mass is 10.2. The van der Waals surface area contributed by atoms with Gasteiger partial charge in [0.15, 0.2) is 0 Å². The molecule has 0 unspecified atom stereocenters. The molecule has 138 valence electrons. The average Bonchev–Trinajstić information content (AvgIpc) is 3.16. The van der Waals surface area contributed by atoms with Crippen LogP contribution in [0.3, 0.4) is 0 Å². The van der Waals surface area contributed by atoms with Gasteiger partial charge in [-0.25, -0.2) is 9.97 Å². The molecule has 0 aliphatic heterocycles. The van der Waals surface area contributed by atoms with Crippen molar-refractivity contribution in [1.82, 2.24) is 9.97 Å². The van der Waals surface area contributed by atoms with Crippen molar-refractivity contribution in [3.8, 4) is 11.5 Å². The molecule has 1 heterocycles. The third kappa shape index (κ3) is 4.16. The van der Waals surface area contributed by atoms with E-state index < -0.39 is 5.91 Å². The number of nitrogens with one attached hydrogen (secondary N) is 2. The predicted octanol–water partition coefficient (Wildman–Crippen LogP) is 3.75. The normalized spacial score (nSPS) is 14.1. The first kappa shape index (κ1) is 18.3. The second-order valence-corrected chi connectivity index (χ2v) is 6.46. The molecular formula is C18H21ClN4O3. The molecule has 1 aliphatic carbocycles. The van der Waals surface area contributed by atoms with Crippen LogP contribution >= 0.6 is 11.6 Å². The molecule has 0 radical (unpaired) electrons. The van der Waals surface area contributed by atoms with Crippen LogP contribution in [0.4, 0.5) is 11.5 Å². The lowest BCUT2D eigenvalue weighted by Gasteiger charge is -2.14. The van der Waals surface area contributed by atoms with Gasteiger partial charge in [0.05, 0.1) is 37.3 Å². The van der Waals surface area contributed by atoms with E-state index in [9.17, 15) is 4.79 Å². The third-order valence-corrected chi connectivity index (χ3v) is 4.61. The van der Waals surface area contributed by atoms with Crippen molar-refractivity contribution in [2.45, 2.75) is 31.7 Å². The summed E-state index contributed by atoms with van der Waals surface area (Å²) in [5.41, 5.74) is 0.645. The molecule has 0 saturated heterocycles. The molecule has 1 aliphatic rings. The first-order chi connectivity index (χ1) is 12.6. The summed E-state index contributed by atoms with van der Waals surface area (Å²) in [7, 11) is 3.00. The molecule has 2 aromatic rings. The van der Waals surface area contributed by atoms with E-state index in [1.54, 1.807) is 18.3 Å². The molecule has 0 spiro atoms. The van der Waals surface area contributed by atoms with E-state index >= 15 is 0 Å². The van der Waals surface area contributed by atoms with Gasteiger partial charge in [-0.3, -0.25) is 4.79 Å². The van der Waals surface area contributed by atoms with Gasteiger partial charge in [0.1, 0.15) is 23.0 Å². The number of aromatic nitrogens is 2. The van der Waals surface area contributed by atoms with E-state index in [4.69, 9.17) is 21.1 Å². The molecule has 1 saturated carbocycles. The maximum absolute atomic E-state index is 12.5. The fraction of sp³-hybridized carbons (Fsp3) is 0.389. The lowest BCUT2D eigenvalue weighted by Crippen LogP contribution is -2.18. The van der Waals surface area contributed by atoms with Crippen molar-refractivity contribution in [2.75, 3.05) is 24.9 Å². The summed E-state index contributed by atoms with van der Waals surface area (Å²) in [6, 6.07) is 3.62. The highest BCUT2D eigenvalue weighted by atomic mass is 35.5. The standard InChI is InChI=1S/C18H21ClN4O3/c1-25-15-8-13(16(26-2)7-12(15)19)23-18(24)14-9-21-17(10-20-14)22-11-5-3-4-6-11/h7-11H,3-6H2,1-2H3,(H,21,22)(H,23,24). The van der Waals surface area contributed by atoms with Gasteiger partial charge < -0.3 is 20.1 Å². The smallest absolute Gasteiger partial charge is 0.275 e. The van der Waals surface area contributed by atoms with Gasteiger partial charge in [-0.2, -0.15) is 0 Å². The Morgan fingerprint density at radius 1 is 1.12 bits per heavy atom. The molecular weight excluding hydrogens is 356 g/mol. The molecule has 1 aromatic heterocycles. The molecule has 2 N–H and O–H groups in total. The largest absolute Gasteiger partial charge is 0.495 e. The number of halogens is 1. The van der Waals surface area contributed by atoms with Crippen molar-refractivity contribution in [3.05, 3.63) is 35.2 Å². The Bertz CT molecular complexity index is 777. The summed E-state index contributed by atoms with van der Waals surface area (Å²) in [6.45, 7) is 0. The van der Waals surface area contributed by atoms with Gasteiger partial charge in [-0.15, -0.1) is 0 Å². The zero-order valence-electron chi connectivity index (χ0n) is 14.7. The number of amides is 1. The monoisotopic (exact) mass is 376 g/mol. The summed E-state index contributed by atoms with van der Waals surface area (Å²) < 4.78 is 10.4. The first-order valence-corrected chi connectivity index (χ1v) is 8.80. The first-order valence-electron chi connectivity index (χ1n) is 8.42. The Kier molecular flexibility index (Phi) is 5.78. The maximum Gasteiger partial charge on any atom is 0.275 e. The van der Waals surface area contributed by atoms with Gasteiger partial charge in [0.2, 0.25) is 0 Å². The number of carbonyl (C=O) groups is 1. The third-order valence-electron chi connectivity index (χ3n) is 4.31. The summed E-state index contributed by atoms with van der Waals surface area (Å²) in [4.78, 5) is 20.9. The van der Waals surface area contributed by atoms with Crippen LogP contribution in [0.15, 0.2) is 24.5 Å². The molecule has 0 bridgehead atoms. The van der Waals surface area contributed by atoms with E-state index in [0.29, 0.717) is 34.1 Å². The molecule has 1 fully saturated rings. The van der Waals surface area contributed by atoms with Gasteiger partial charge in [-0.05, 0) is 12.8 Å². The summed E-state index contributed by atoms with van der Waals surface area (Å²) in [5.74, 6) is 1.15. The minimum atomic E-state index is -0.396. The second kappa shape index (κ2) is 8.23. The number of benzene rings is 1. The molecule has 7 nitrogen and oxygen atoms in total. The highest BCUT2D eigenvalue weighted by Gasteiger charge is 2.17. The number of anilines is 2. The fourth-order valence-corrected chi connectivity index (χ4v) is 3.17. The molecule has 3 rings (SSSR count). The molecule has 1 aromatic carbocycles. The van der Waals surface area contributed by atoms with Crippen molar-refractivity contribution in [3.63, 3.8) is 0 Å². The summed E-state index contributed by atoms with van der Waals surface area (Å²) in [6.07, 6.45) is 7.78. The molecule has 1 amide bonds. The molecule has 8 heteroatoms. The van der Waals surface area contributed by atoms with Crippen LogP contribution in [0.1, 0.15) is 36.2 Å². The Hall–Kier alpha value is -2.54. The summed E-state index contributed by atoms with van der Waals surface area (Å²) >= 11 is 6.07. The summed E-state index contributed by atoms with van der Waals surface area (Å²) in [5, 5.41) is 6.48. The van der Waals surface area contributed by atoms with E-state index in [-0.39, 0.29) is 5.69 Å². The second-order valence-electron chi connectivity index (χ2n) is 6.05. The highest BCUT2D eigenvalue weighted by Crippen LogP contribution is 2.36. The van der Waals surface area contributed by atoms with E-state index in [1.165, 1.54) is 33.3 Å². The Morgan fingerprint density at radius 2 is 1.85 bits per heavy atom. The quantitative estimate of drug-likeness (QED) is 0.798. The zero-order valence-corrected chi connectivity index (χ0v) is 15.5. The van der Waals surface area contributed by atoms with Crippen molar-refractivity contribution < 1.29 is 14.3 Å². The topological polar surface area (TPSA) is 85.4 Å². The Labute approximate surface area is 157 Å². The number of ether oxygens (including phenoxy) is 2. The van der Waals surface area contributed by atoms with Gasteiger partial charge in [0, 0.05) is 18.2 Å². The van der Waals surface area contributed by atoms with E-state index in [1.807, 2.05) is 0 Å². The van der Waals surface area contributed by atoms with Crippen LogP contribution < -0.4 is 20.1 Å². The molecule has 26 heavy (non-hydrogen) atoms. The zero-order chi connectivity index (χ0) is 18.5. The predicted molar refractivity (Wildman–Crippen MR) is 100 cm³/mol. The van der Waals surface area contributed by atoms with Gasteiger partial charge in [0.25, 0.3) is 5.91 Å².